The van der Waals surface area contributed by atoms with Crippen LogP contribution in [0.2, 0.25) is 0 Å². The summed E-state index contributed by atoms with van der Waals surface area (Å²) in [6.07, 6.45) is 3.03. The minimum absolute atomic E-state index is 0.139. The van der Waals surface area contributed by atoms with Crippen LogP contribution in [-0.4, -0.2) is 45.0 Å². The Labute approximate surface area is 182 Å². The number of ketones is 1. The molecule has 1 fully saturated rings. The number of rotatable bonds is 4. The van der Waals surface area contributed by atoms with E-state index in [0.717, 1.165) is 0 Å². The number of aliphatic hydroxyl groups is 1. The number of carbonyl (C=O) groups excluding carboxylic acids is 3. The van der Waals surface area contributed by atoms with Crippen LogP contribution in [0.15, 0.2) is 40.7 Å². The van der Waals surface area contributed by atoms with Crippen molar-refractivity contribution >= 4 is 29.2 Å². The summed E-state index contributed by atoms with van der Waals surface area (Å²) in [6, 6.07) is 3.82. The molecule has 0 radical (unpaired) electrons. The molecular weight excluding hydrogens is 416 g/mol. The molecule has 0 aliphatic carbocycles. The summed E-state index contributed by atoms with van der Waals surface area (Å²) >= 11 is 0. The maximum absolute atomic E-state index is 13.1. The molecule has 1 aliphatic heterocycles. The van der Waals surface area contributed by atoms with Gasteiger partial charge in [0.25, 0.3) is 5.78 Å². The Hall–Kier alpha value is -4.21. The molecule has 10 nitrogen and oxygen atoms in total. The van der Waals surface area contributed by atoms with Gasteiger partial charge in [-0.15, -0.1) is 0 Å². The maximum Gasteiger partial charge on any atom is 0.339 e. The molecule has 1 aliphatic rings. The number of nitrogens with one attached hydrogen (secondary N) is 1. The molecule has 1 saturated heterocycles. The topological polar surface area (TPSA) is 139 Å². The van der Waals surface area contributed by atoms with Crippen molar-refractivity contribution in [2.24, 2.45) is 0 Å². The Morgan fingerprint density at radius 2 is 1.91 bits per heavy atom. The van der Waals surface area contributed by atoms with Crippen molar-refractivity contribution in [2.45, 2.75) is 26.8 Å². The molecule has 0 saturated carbocycles. The number of hydrogen-bond donors (Lipinski definition) is 2. The zero-order valence-corrected chi connectivity index (χ0v) is 17.8. The number of nitrogens with zero attached hydrogens (tertiary/aromatic N) is 3. The van der Waals surface area contributed by atoms with E-state index in [4.69, 9.17) is 9.26 Å². The first-order valence-corrected chi connectivity index (χ1v) is 9.68. The summed E-state index contributed by atoms with van der Waals surface area (Å²) in [7, 11) is 1.25. The van der Waals surface area contributed by atoms with Crippen LogP contribution in [-0.2, 0) is 14.3 Å². The number of Topliss-reactive ketones (excluding diaryl/α,β-unsaturated/α-hetero) is 1. The summed E-state index contributed by atoms with van der Waals surface area (Å²) in [5, 5.41) is 15.1. The molecule has 164 valence electrons. The molecule has 10 heteroatoms. The van der Waals surface area contributed by atoms with Crippen LogP contribution in [0.3, 0.4) is 0 Å². The monoisotopic (exact) mass is 436 g/mol. The van der Waals surface area contributed by atoms with Gasteiger partial charge in [0.05, 0.1) is 30.0 Å². The minimum atomic E-state index is -0.980. The minimum Gasteiger partial charge on any atom is -0.505 e. The van der Waals surface area contributed by atoms with E-state index >= 15 is 0 Å². The van der Waals surface area contributed by atoms with E-state index in [2.05, 4.69) is 15.1 Å². The normalized spacial score (nSPS) is 17.8. The van der Waals surface area contributed by atoms with Gasteiger partial charge in [0, 0.05) is 24.2 Å². The quantitative estimate of drug-likeness (QED) is 0.275. The molecule has 2 N–H and O–H groups in total. The first-order chi connectivity index (χ1) is 15.3. The zero-order valence-electron chi connectivity index (χ0n) is 17.8. The number of aromatic nitrogens is 3. The molecular formula is C22H20N4O6. The fourth-order valence-corrected chi connectivity index (χ4v) is 3.93. The highest BCUT2D eigenvalue weighted by Crippen LogP contribution is 2.42. The van der Waals surface area contributed by atoms with Gasteiger partial charge in [-0.25, -0.2) is 4.79 Å². The highest BCUT2D eigenvalue weighted by Gasteiger charge is 2.48. The molecule has 1 unspecified atom stereocenters. The van der Waals surface area contributed by atoms with Gasteiger partial charge in [0.2, 0.25) is 0 Å². The average Bonchev–Trinajstić information content (AvgIpc) is 3.42. The van der Waals surface area contributed by atoms with Gasteiger partial charge in [-0.1, -0.05) is 5.16 Å². The SMILES string of the molecule is COC(=O)c1c(C)[nH]c(/C(O)=C2\C(=O)C(=O)N(c3cc(C)on3)C2c2ccncc2)c1C. The van der Waals surface area contributed by atoms with Gasteiger partial charge >= 0.3 is 11.9 Å². The van der Waals surface area contributed by atoms with Gasteiger partial charge < -0.3 is 19.4 Å². The maximum atomic E-state index is 13.1. The molecule has 4 rings (SSSR count). The summed E-state index contributed by atoms with van der Waals surface area (Å²) in [6.45, 7) is 4.92. The molecule has 4 heterocycles. The van der Waals surface area contributed by atoms with E-state index in [0.29, 0.717) is 22.6 Å². The van der Waals surface area contributed by atoms with Crippen molar-refractivity contribution in [3.8, 4) is 0 Å². The standard InChI is InChI=1S/C22H20N4O6/c1-10-9-14(25-32-10)26-18(13-5-7-23-8-6-13)16(20(28)21(26)29)19(27)17-11(2)15(12(3)24-17)22(30)31-4/h5-9,18,24,27H,1-4H3/b19-16+. The van der Waals surface area contributed by atoms with Crippen LogP contribution in [0, 0.1) is 20.8 Å². The zero-order chi connectivity index (χ0) is 23.2. The number of esters is 1. The first-order valence-electron chi connectivity index (χ1n) is 9.68. The number of pyridine rings is 1. The summed E-state index contributed by atoms with van der Waals surface area (Å²) in [5.74, 6) is -2.19. The number of hydrogen-bond acceptors (Lipinski definition) is 8. The lowest BCUT2D eigenvalue weighted by Gasteiger charge is -2.22. The van der Waals surface area contributed by atoms with E-state index in [1.807, 2.05) is 0 Å². The van der Waals surface area contributed by atoms with Crippen LogP contribution in [0.1, 0.15) is 44.7 Å². The molecule has 3 aromatic rings. The number of H-pyrrole nitrogens is 1. The third-order valence-corrected chi connectivity index (χ3v) is 5.39. The highest BCUT2D eigenvalue weighted by molar-refractivity contribution is 6.51. The van der Waals surface area contributed by atoms with E-state index in [1.54, 1.807) is 32.9 Å². The number of aliphatic hydroxyl groups excluding tert-OH is 1. The number of carbonyl (C=O) groups is 3. The summed E-state index contributed by atoms with van der Waals surface area (Å²) in [4.78, 5) is 46.4. The molecule has 32 heavy (non-hydrogen) atoms. The van der Waals surface area contributed by atoms with Crippen molar-refractivity contribution < 1.29 is 28.8 Å². The van der Waals surface area contributed by atoms with Crippen molar-refractivity contribution in [3.05, 3.63) is 70.0 Å². The fourth-order valence-electron chi connectivity index (χ4n) is 3.93. The lowest BCUT2D eigenvalue weighted by molar-refractivity contribution is -0.132. The van der Waals surface area contributed by atoms with Gasteiger partial charge in [0.1, 0.15) is 11.5 Å². The summed E-state index contributed by atoms with van der Waals surface area (Å²) in [5.41, 5.74) is 1.63. The van der Waals surface area contributed by atoms with Crippen molar-refractivity contribution in [3.63, 3.8) is 0 Å². The van der Waals surface area contributed by atoms with Gasteiger partial charge in [-0.2, -0.15) is 0 Å². The molecule has 1 atom stereocenters. The van der Waals surface area contributed by atoms with Gasteiger partial charge in [0.15, 0.2) is 5.82 Å². The van der Waals surface area contributed by atoms with Crippen molar-refractivity contribution in [1.82, 2.24) is 15.1 Å². The Morgan fingerprint density at radius 1 is 1.22 bits per heavy atom. The Bertz CT molecular complexity index is 1270. The van der Waals surface area contributed by atoms with Crippen LogP contribution >= 0.6 is 0 Å². The second kappa shape index (κ2) is 7.80. The highest BCUT2D eigenvalue weighted by atomic mass is 16.5. The molecule has 0 aromatic carbocycles. The van der Waals surface area contributed by atoms with E-state index in [9.17, 15) is 19.5 Å². The second-order valence-electron chi connectivity index (χ2n) is 7.36. The predicted molar refractivity (Wildman–Crippen MR) is 112 cm³/mol. The Balaban J connectivity index is 1.96. The number of aryl methyl sites for hydroxylation is 2. The lowest BCUT2D eigenvalue weighted by atomic mass is 9.96. The smallest absolute Gasteiger partial charge is 0.339 e. The third kappa shape index (κ3) is 3.16. The van der Waals surface area contributed by atoms with Crippen LogP contribution < -0.4 is 4.90 Å². The average molecular weight is 436 g/mol. The number of anilines is 1. The van der Waals surface area contributed by atoms with Gasteiger partial charge in [-0.3, -0.25) is 19.5 Å². The molecule has 0 bridgehead atoms. The molecule has 1 amide bonds. The molecule has 0 spiro atoms. The largest absolute Gasteiger partial charge is 0.505 e. The van der Waals surface area contributed by atoms with Crippen LogP contribution in [0.25, 0.3) is 5.76 Å². The van der Waals surface area contributed by atoms with Crippen LogP contribution in [0.5, 0.6) is 0 Å². The molecule has 3 aromatic heterocycles. The number of ether oxygens (including phenoxy) is 1. The van der Waals surface area contributed by atoms with Gasteiger partial charge in [-0.05, 0) is 44.0 Å². The van der Waals surface area contributed by atoms with Crippen molar-refractivity contribution in [1.29, 1.82) is 0 Å². The third-order valence-electron chi connectivity index (χ3n) is 5.39. The van der Waals surface area contributed by atoms with E-state index < -0.39 is 29.5 Å². The van der Waals surface area contributed by atoms with E-state index in [1.165, 1.54) is 30.5 Å². The van der Waals surface area contributed by atoms with E-state index in [-0.39, 0.29) is 22.6 Å². The first kappa shape index (κ1) is 21.0. The second-order valence-corrected chi connectivity index (χ2v) is 7.36. The Kier molecular flexibility index (Phi) is 5.13. The number of methoxy groups -OCH3 is 1. The number of amides is 1. The summed E-state index contributed by atoms with van der Waals surface area (Å²) < 4.78 is 9.91. The number of aromatic amines is 1. The van der Waals surface area contributed by atoms with Crippen molar-refractivity contribution in [2.75, 3.05) is 12.0 Å². The lowest BCUT2D eigenvalue weighted by Crippen LogP contribution is -2.29. The Morgan fingerprint density at radius 3 is 2.50 bits per heavy atom. The predicted octanol–water partition coefficient (Wildman–Crippen LogP) is 2.74. The van der Waals surface area contributed by atoms with Crippen LogP contribution in [0.4, 0.5) is 5.82 Å². The fraction of sp³-hybridized carbons (Fsp3) is 0.227.